The van der Waals surface area contributed by atoms with Crippen molar-refractivity contribution in [3.63, 3.8) is 0 Å². The van der Waals surface area contributed by atoms with E-state index in [9.17, 15) is 14.3 Å². The molecule has 3 aromatic rings. The second kappa shape index (κ2) is 6.75. The summed E-state index contributed by atoms with van der Waals surface area (Å²) >= 11 is 0. The molecule has 0 saturated heterocycles. The van der Waals surface area contributed by atoms with Gasteiger partial charge in [0.25, 0.3) is 0 Å². The number of hydrogen-bond donors (Lipinski definition) is 1. The van der Waals surface area contributed by atoms with Crippen LogP contribution in [0.2, 0.25) is 0 Å². The molecule has 0 aliphatic rings. The van der Waals surface area contributed by atoms with Gasteiger partial charge in [-0.1, -0.05) is 0 Å². The van der Waals surface area contributed by atoms with Crippen LogP contribution in [-0.2, 0) is 0 Å². The lowest BCUT2D eigenvalue weighted by atomic mass is 10.0. The number of aromatic carboxylic acids is 1. The van der Waals surface area contributed by atoms with Gasteiger partial charge >= 0.3 is 5.97 Å². The van der Waals surface area contributed by atoms with Gasteiger partial charge < -0.3 is 10.0 Å². The zero-order valence-corrected chi connectivity index (χ0v) is 15.2. The number of fused-ring (bicyclic) bond motifs is 1. The van der Waals surface area contributed by atoms with Crippen molar-refractivity contribution in [2.75, 3.05) is 11.9 Å². The molecule has 0 radical (unpaired) electrons. The van der Waals surface area contributed by atoms with Gasteiger partial charge in [-0.15, -0.1) is 0 Å². The average molecular weight is 352 g/mol. The molecule has 3 rings (SSSR count). The number of pyridine rings is 1. The lowest BCUT2D eigenvalue weighted by molar-refractivity contribution is 0.0697. The van der Waals surface area contributed by atoms with Crippen LogP contribution in [0.25, 0.3) is 22.2 Å². The highest BCUT2D eigenvalue weighted by Crippen LogP contribution is 2.35. The molecule has 0 bridgehead atoms. The smallest absolute Gasteiger partial charge is 0.335 e. The summed E-state index contributed by atoms with van der Waals surface area (Å²) in [5.74, 6) is -1.25. The fraction of sp³-hybridized carbons (Fsp3) is 0.238. The highest BCUT2D eigenvalue weighted by molar-refractivity contribution is 5.96. The van der Waals surface area contributed by atoms with E-state index >= 15 is 0 Å². The van der Waals surface area contributed by atoms with Crippen molar-refractivity contribution >= 4 is 22.6 Å². The standard InChI is InChI=1S/C21H21FN2O2/c1-12(2)24(4)19-11-15-10-14(21(25)26)5-8-18(15)23-20(19)17-7-6-16(22)9-13(17)3/h5-12H,1-4H3,(H,25,26). The zero-order chi connectivity index (χ0) is 19.0. The Balaban J connectivity index is 2.30. The molecular formula is C21H21FN2O2. The Labute approximate surface area is 151 Å². The first kappa shape index (κ1) is 17.9. The molecule has 5 heteroatoms. The van der Waals surface area contributed by atoms with Gasteiger partial charge in [0, 0.05) is 24.0 Å². The van der Waals surface area contributed by atoms with Gasteiger partial charge in [0.2, 0.25) is 0 Å². The lowest BCUT2D eigenvalue weighted by Gasteiger charge is -2.27. The fourth-order valence-corrected chi connectivity index (χ4v) is 2.94. The van der Waals surface area contributed by atoms with Crippen molar-refractivity contribution in [3.8, 4) is 11.3 Å². The lowest BCUT2D eigenvalue weighted by Crippen LogP contribution is -2.26. The Morgan fingerprint density at radius 1 is 1.15 bits per heavy atom. The van der Waals surface area contributed by atoms with Crippen molar-refractivity contribution in [2.45, 2.75) is 26.8 Å². The largest absolute Gasteiger partial charge is 0.478 e. The van der Waals surface area contributed by atoms with Gasteiger partial charge in [-0.3, -0.25) is 0 Å². The number of benzene rings is 2. The average Bonchev–Trinajstić information content (AvgIpc) is 2.59. The number of aryl methyl sites for hydroxylation is 1. The van der Waals surface area contributed by atoms with Crippen LogP contribution in [0.1, 0.15) is 29.8 Å². The van der Waals surface area contributed by atoms with Gasteiger partial charge in [0.15, 0.2) is 0 Å². The predicted octanol–water partition coefficient (Wildman–Crippen LogP) is 4.89. The summed E-state index contributed by atoms with van der Waals surface area (Å²) in [6, 6.07) is 11.7. The number of nitrogens with zero attached hydrogens (tertiary/aromatic N) is 2. The number of halogens is 1. The number of aromatic nitrogens is 1. The Morgan fingerprint density at radius 3 is 2.50 bits per heavy atom. The van der Waals surface area contributed by atoms with E-state index in [1.165, 1.54) is 12.1 Å². The van der Waals surface area contributed by atoms with Crippen LogP contribution in [0.5, 0.6) is 0 Å². The summed E-state index contributed by atoms with van der Waals surface area (Å²) in [5, 5.41) is 10.00. The Hall–Kier alpha value is -2.95. The second-order valence-electron chi connectivity index (χ2n) is 6.73. The summed E-state index contributed by atoms with van der Waals surface area (Å²) in [6.07, 6.45) is 0. The van der Waals surface area contributed by atoms with Crippen LogP contribution in [0.15, 0.2) is 42.5 Å². The van der Waals surface area contributed by atoms with Crippen LogP contribution in [-0.4, -0.2) is 29.1 Å². The highest BCUT2D eigenvalue weighted by Gasteiger charge is 2.17. The molecule has 0 spiro atoms. The van der Waals surface area contributed by atoms with Gasteiger partial charge in [-0.2, -0.15) is 0 Å². The molecule has 1 heterocycles. The number of carbonyl (C=O) groups is 1. The summed E-state index contributed by atoms with van der Waals surface area (Å²) in [6.45, 7) is 6.00. The maximum Gasteiger partial charge on any atom is 0.335 e. The third-order valence-electron chi connectivity index (χ3n) is 4.64. The minimum atomic E-state index is -0.968. The minimum Gasteiger partial charge on any atom is -0.478 e. The van der Waals surface area contributed by atoms with E-state index in [4.69, 9.17) is 4.98 Å². The van der Waals surface area contributed by atoms with Gasteiger partial charge in [0.1, 0.15) is 5.82 Å². The van der Waals surface area contributed by atoms with E-state index in [0.717, 1.165) is 27.9 Å². The molecule has 1 aromatic heterocycles. The van der Waals surface area contributed by atoms with Crippen molar-refractivity contribution in [2.24, 2.45) is 0 Å². The highest BCUT2D eigenvalue weighted by atomic mass is 19.1. The Morgan fingerprint density at radius 2 is 1.88 bits per heavy atom. The SMILES string of the molecule is Cc1cc(F)ccc1-c1nc2ccc(C(=O)O)cc2cc1N(C)C(C)C. The molecule has 4 nitrogen and oxygen atoms in total. The van der Waals surface area contributed by atoms with Gasteiger partial charge in [-0.25, -0.2) is 14.2 Å². The molecule has 0 aliphatic carbocycles. The molecule has 1 N–H and O–H groups in total. The maximum atomic E-state index is 13.5. The molecule has 0 saturated carbocycles. The van der Waals surface area contributed by atoms with Crippen LogP contribution >= 0.6 is 0 Å². The van der Waals surface area contributed by atoms with Crippen LogP contribution in [0.4, 0.5) is 10.1 Å². The van der Waals surface area contributed by atoms with E-state index in [-0.39, 0.29) is 17.4 Å². The fourth-order valence-electron chi connectivity index (χ4n) is 2.94. The molecule has 134 valence electrons. The van der Waals surface area contributed by atoms with Crippen molar-refractivity contribution < 1.29 is 14.3 Å². The molecule has 0 amide bonds. The van der Waals surface area contributed by atoms with Crippen molar-refractivity contribution in [3.05, 3.63) is 59.4 Å². The normalized spacial score (nSPS) is 11.2. The quantitative estimate of drug-likeness (QED) is 0.726. The maximum absolute atomic E-state index is 13.5. The molecule has 0 atom stereocenters. The van der Waals surface area contributed by atoms with Crippen molar-refractivity contribution in [1.82, 2.24) is 4.98 Å². The molecule has 26 heavy (non-hydrogen) atoms. The van der Waals surface area contributed by atoms with Crippen LogP contribution in [0, 0.1) is 12.7 Å². The first-order valence-electron chi connectivity index (χ1n) is 8.45. The topological polar surface area (TPSA) is 53.4 Å². The number of carboxylic acids is 1. The van der Waals surface area contributed by atoms with Crippen LogP contribution < -0.4 is 4.90 Å². The van der Waals surface area contributed by atoms with E-state index < -0.39 is 5.97 Å². The summed E-state index contributed by atoms with van der Waals surface area (Å²) in [5.41, 5.74) is 4.23. The van der Waals surface area contributed by atoms with Crippen LogP contribution in [0.3, 0.4) is 0 Å². The number of anilines is 1. The summed E-state index contributed by atoms with van der Waals surface area (Å²) in [7, 11) is 1.97. The number of hydrogen-bond acceptors (Lipinski definition) is 3. The van der Waals surface area contributed by atoms with E-state index in [1.807, 2.05) is 20.0 Å². The summed E-state index contributed by atoms with van der Waals surface area (Å²) < 4.78 is 13.5. The van der Waals surface area contributed by atoms with E-state index in [2.05, 4.69) is 18.7 Å². The van der Waals surface area contributed by atoms with Crippen molar-refractivity contribution in [1.29, 1.82) is 0 Å². The molecular weight excluding hydrogens is 331 g/mol. The predicted molar refractivity (Wildman–Crippen MR) is 102 cm³/mol. The van der Waals surface area contributed by atoms with E-state index in [1.54, 1.807) is 24.3 Å². The molecule has 0 unspecified atom stereocenters. The second-order valence-corrected chi connectivity index (χ2v) is 6.73. The number of carboxylic acid groups (broad SMARTS) is 1. The Kier molecular flexibility index (Phi) is 4.64. The van der Waals surface area contributed by atoms with Gasteiger partial charge in [0.05, 0.1) is 22.5 Å². The minimum absolute atomic E-state index is 0.219. The Bertz CT molecular complexity index is 999. The first-order chi connectivity index (χ1) is 12.3. The summed E-state index contributed by atoms with van der Waals surface area (Å²) in [4.78, 5) is 18.1. The van der Waals surface area contributed by atoms with Gasteiger partial charge in [-0.05, 0) is 68.8 Å². The first-order valence-corrected chi connectivity index (χ1v) is 8.45. The monoisotopic (exact) mass is 352 g/mol. The molecule has 0 aliphatic heterocycles. The number of rotatable bonds is 4. The third-order valence-corrected chi connectivity index (χ3v) is 4.64. The van der Waals surface area contributed by atoms with E-state index in [0.29, 0.717) is 5.52 Å². The zero-order valence-electron chi connectivity index (χ0n) is 15.2. The third kappa shape index (κ3) is 3.25. The molecule has 2 aromatic carbocycles. The molecule has 0 fully saturated rings.